The van der Waals surface area contributed by atoms with Crippen molar-refractivity contribution in [2.24, 2.45) is 0 Å². The van der Waals surface area contributed by atoms with Gasteiger partial charge in [0.25, 0.3) is 0 Å². The lowest BCUT2D eigenvalue weighted by Crippen LogP contribution is -2.27. The summed E-state index contributed by atoms with van der Waals surface area (Å²) >= 11 is 0. The lowest BCUT2D eigenvalue weighted by Gasteiger charge is -2.08. The SMILES string of the molecule is O=S(=O)(NCCn1cccn1)c1ccccc1O. The van der Waals surface area contributed by atoms with E-state index in [0.29, 0.717) is 6.54 Å². The predicted molar refractivity (Wildman–Crippen MR) is 65.5 cm³/mol. The summed E-state index contributed by atoms with van der Waals surface area (Å²) in [5.74, 6) is -0.260. The van der Waals surface area contributed by atoms with Gasteiger partial charge in [0, 0.05) is 18.9 Å². The Kier molecular flexibility index (Phi) is 3.63. The number of phenols is 1. The number of hydrogen-bond acceptors (Lipinski definition) is 4. The molecule has 7 heteroatoms. The molecule has 1 aromatic carbocycles. The predicted octanol–water partition coefficient (Wildman–Crippen LogP) is 0.567. The number of sulfonamides is 1. The van der Waals surface area contributed by atoms with Crippen LogP contribution in [0.1, 0.15) is 0 Å². The summed E-state index contributed by atoms with van der Waals surface area (Å²) in [7, 11) is -3.69. The second-order valence-electron chi connectivity index (χ2n) is 3.63. The minimum absolute atomic E-state index is 0.120. The molecule has 2 N–H and O–H groups in total. The van der Waals surface area contributed by atoms with Gasteiger partial charge in [-0.3, -0.25) is 4.68 Å². The van der Waals surface area contributed by atoms with Gasteiger partial charge in [-0.05, 0) is 18.2 Å². The van der Waals surface area contributed by atoms with Crippen molar-refractivity contribution < 1.29 is 13.5 Å². The van der Waals surface area contributed by atoms with E-state index in [-0.39, 0.29) is 17.2 Å². The fraction of sp³-hybridized carbons (Fsp3) is 0.182. The zero-order valence-corrected chi connectivity index (χ0v) is 10.3. The van der Waals surface area contributed by atoms with Crippen LogP contribution in [0.5, 0.6) is 5.75 Å². The van der Waals surface area contributed by atoms with Crippen LogP contribution in [-0.4, -0.2) is 29.8 Å². The van der Waals surface area contributed by atoms with Gasteiger partial charge in [-0.1, -0.05) is 12.1 Å². The van der Waals surface area contributed by atoms with Crippen LogP contribution in [0.3, 0.4) is 0 Å². The van der Waals surface area contributed by atoms with Crippen LogP contribution < -0.4 is 4.72 Å². The smallest absolute Gasteiger partial charge is 0.244 e. The largest absolute Gasteiger partial charge is 0.507 e. The van der Waals surface area contributed by atoms with Gasteiger partial charge in [0.1, 0.15) is 10.6 Å². The van der Waals surface area contributed by atoms with Crippen LogP contribution in [0, 0.1) is 0 Å². The Morgan fingerprint density at radius 3 is 2.72 bits per heavy atom. The van der Waals surface area contributed by atoms with E-state index >= 15 is 0 Å². The molecule has 0 bridgehead atoms. The number of hydrogen-bond donors (Lipinski definition) is 2. The highest BCUT2D eigenvalue weighted by molar-refractivity contribution is 7.89. The maximum absolute atomic E-state index is 11.9. The molecule has 18 heavy (non-hydrogen) atoms. The van der Waals surface area contributed by atoms with Gasteiger partial charge in [-0.25, -0.2) is 13.1 Å². The lowest BCUT2D eigenvalue weighted by atomic mass is 10.3. The van der Waals surface area contributed by atoms with E-state index in [1.54, 1.807) is 35.3 Å². The van der Waals surface area contributed by atoms with E-state index in [9.17, 15) is 13.5 Å². The number of nitrogens with zero attached hydrogens (tertiary/aromatic N) is 2. The molecule has 0 amide bonds. The van der Waals surface area contributed by atoms with Crippen LogP contribution in [0.25, 0.3) is 0 Å². The van der Waals surface area contributed by atoms with Gasteiger partial charge in [0.2, 0.25) is 10.0 Å². The van der Waals surface area contributed by atoms with E-state index in [0.717, 1.165) is 0 Å². The maximum Gasteiger partial charge on any atom is 0.244 e. The Morgan fingerprint density at radius 1 is 1.28 bits per heavy atom. The molecule has 0 radical (unpaired) electrons. The minimum Gasteiger partial charge on any atom is -0.507 e. The molecule has 1 heterocycles. The molecule has 2 aromatic rings. The van der Waals surface area contributed by atoms with E-state index in [1.807, 2.05) is 0 Å². The molecule has 0 aliphatic carbocycles. The molecule has 1 aromatic heterocycles. The molecule has 0 atom stereocenters. The average Bonchev–Trinajstić information content (AvgIpc) is 2.82. The zero-order valence-electron chi connectivity index (χ0n) is 9.52. The van der Waals surface area contributed by atoms with E-state index in [1.165, 1.54) is 12.1 Å². The first kappa shape index (κ1) is 12.6. The van der Waals surface area contributed by atoms with Crippen LogP contribution in [0.15, 0.2) is 47.6 Å². The maximum atomic E-state index is 11.9. The first-order valence-corrected chi connectivity index (χ1v) is 6.83. The van der Waals surface area contributed by atoms with Crippen LogP contribution >= 0.6 is 0 Å². The Bertz CT molecular complexity index is 608. The van der Waals surface area contributed by atoms with Crippen LogP contribution in [0.4, 0.5) is 0 Å². The van der Waals surface area contributed by atoms with E-state index < -0.39 is 10.0 Å². The van der Waals surface area contributed by atoms with Gasteiger partial charge >= 0.3 is 0 Å². The number of rotatable bonds is 5. The third-order valence-corrected chi connectivity index (χ3v) is 3.86. The molecule has 0 saturated carbocycles. The summed E-state index contributed by atoms with van der Waals surface area (Å²) in [6.07, 6.45) is 3.37. The first-order valence-electron chi connectivity index (χ1n) is 5.35. The van der Waals surface area contributed by atoms with E-state index in [4.69, 9.17) is 0 Å². The highest BCUT2D eigenvalue weighted by atomic mass is 32.2. The summed E-state index contributed by atoms with van der Waals surface area (Å²) in [5.41, 5.74) is 0. The van der Waals surface area contributed by atoms with Crippen LogP contribution in [0.2, 0.25) is 0 Å². The molecular weight excluding hydrogens is 254 g/mol. The van der Waals surface area contributed by atoms with Gasteiger partial charge in [-0.15, -0.1) is 0 Å². The summed E-state index contributed by atoms with van der Waals surface area (Å²) < 4.78 is 27.8. The summed E-state index contributed by atoms with van der Waals surface area (Å²) in [6, 6.07) is 7.57. The third kappa shape index (κ3) is 2.88. The summed E-state index contributed by atoms with van der Waals surface area (Å²) in [4.78, 5) is -0.120. The second-order valence-corrected chi connectivity index (χ2v) is 5.37. The molecule has 2 rings (SSSR count). The molecule has 0 unspecified atom stereocenters. The van der Waals surface area contributed by atoms with Crippen molar-refractivity contribution in [1.82, 2.24) is 14.5 Å². The average molecular weight is 267 g/mol. The highest BCUT2D eigenvalue weighted by Gasteiger charge is 2.16. The van der Waals surface area contributed by atoms with Gasteiger partial charge < -0.3 is 5.11 Å². The standard InChI is InChI=1S/C11H13N3O3S/c15-10-4-1-2-5-11(10)18(16,17)13-7-9-14-8-3-6-12-14/h1-6,8,13,15H,7,9H2. The normalized spacial score (nSPS) is 11.6. The van der Waals surface area contributed by atoms with Crippen molar-refractivity contribution in [3.8, 4) is 5.75 Å². The zero-order chi connectivity index (χ0) is 13.0. The van der Waals surface area contributed by atoms with Gasteiger partial charge in [-0.2, -0.15) is 5.10 Å². The van der Waals surface area contributed by atoms with Gasteiger partial charge in [0.05, 0.1) is 6.54 Å². The molecule has 6 nitrogen and oxygen atoms in total. The van der Waals surface area contributed by atoms with E-state index in [2.05, 4.69) is 9.82 Å². The van der Waals surface area contributed by atoms with Crippen molar-refractivity contribution in [2.75, 3.05) is 6.54 Å². The molecule has 0 saturated heterocycles. The number of nitrogens with one attached hydrogen (secondary N) is 1. The monoisotopic (exact) mass is 267 g/mol. The van der Waals surface area contributed by atoms with Crippen molar-refractivity contribution in [3.63, 3.8) is 0 Å². The summed E-state index contributed by atoms with van der Waals surface area (Å²) in [6.45, 7) is 0.637. The number of aromatic hydroxyl groups is 1. The lowest BCUT2D eigenvalue weighted by molar-refractivity contribution is 0.457. The second kappa shape index (κ2) is 5.19. The van der Waals surface area contributed by atoms with Crippen molar-refractivity contribution >= 4 is 10.0 Å². The molecule has 0 aliphatic heterocycles. The number of benzene rings is 1. The number of aromatic nitrogens is 2. The fourth-order valence-electron chi connectivity index (χ4n) is 1.49. The molecule has 0 fully saturated rings. The first-order chi connectivity index (χ1) is 8.59. The molecule has 0 spiro atoms. The topological polar surface area (TPSA) is 84.2 Å². The molecule has 0 aliphatic rings. The highest BCUT2D eigenvalue weighted by Crippen LogP contribution is 2.20. The summed E-state index contributed by atoms with van der Waals surface area (Å²) in [5, 5.41) is 13.5. The Hall–Kier alpha value is -1.86. The van der Waals surface area contributed by atoms with Crippen molar-refractivity contribution in [1.29, 1.82) is 0 Å². The van der Waals surface area contributed by atoms with Crippen LogP contribution in [-0.2, 0) is 16.6 Å². The van der Waals surface area contributed by atoms with Gasteiger partial charge in [0.15, 0.2) is 0 Å². The number of phenolic OH excluding ortho intramolecular Hbond substituents is 1. The molecule has 96 valence electrons. The third-order valence-electron chi connectivity index (χ3n) is 2.35. The fourth-order valence-corrected chi connectivity index (χ4v) is 2.61. The minimum atomic E-state index is -3.69. The quantitative estimate of drug-likeness (QED) is 0.829. The van der Waals surface area contributed by atoms with Crippen molar-refractivity contribution in [3.05, 3.63) is 42.7 Å². The Balaban J connectivity index is 2.02. The number of para-hydroxylation sites is 1. The Morgan fingerprint density at radius 2 is 2.06 bits per heavy atom. The van der Waals surface area contributed by atoms with Crippen molar-refractivity contribution in [2.45, 2.75) is 11.4 Å². The molecular formula is C11H13N3O3S. The Labute approximate surface area is 105 Å².